The molecule has 0 radical (unpaired) electrons. The third kappa shape index (κ3) is 5.05. The lowest BCUT2D eigenvalue weighted by Gasteiger charge is -2.24. The first-order valence-corrected chi connectivity index (χ1v) is 8.03. The Bertz CT molecular complexity index is 714. The molecule has 1 aromatic heterocycles. The zero-order valence-electron chi connectivity index (χ0n) is 13.6. The summed E-state index contributed by atoms with van der Waals surface area (Å²) >= 11 is 3.39. The van der Waals surface area contributed by atoms with Crippen LogP contribution in [-0.4, -0.2) is 28.5 Å². The van der Waals surface area contributed by atoms with E-state index in [0.717, 1.165) is 5.69 Å². The second-order valence-corrected chi connectivity index (χ2v) is 6.83. The van der Waals surface area contributed by atoms with Crippen LogP contribution in [-0.2, 0) is 11.5 Å². The predicted molar refractivity (Wildman–Crippen MR) is 89.8 cm³/mol. The van der Waals surface area contributed by atoms with Crippen molar-refractivity contribution in [2.75, 3.05) is 6.61 Å². The Kier molecular flexibility index (Phi) is 5.98. The number of ether oxygens (including phenoxy) is 1. The number of aromatic nitrogens is 1. The Labute approximate surface area is 148 Å². The van der Waals surface area contributed by atoms with E-state index >= 15 is 0 Å². The molecule has 0 aliphatic carbocycles. The average Bonchev–Trinajstić information content (AvgIpc) is 2.91. The van der Waals surface area contributed by atoms with E-state index in [1.165, 1.54) is 0 Å². The topological polar surface area (TPSA) is 93.8 Å². The average molecular weight is 399 g/mol. The summed E-state index contributed by atoms with van der Waals surface area (Å²) < 4.78 is 11.4. The lowest BCUT2D eigenvalue weighted by atomic mass is 10.1. The van der Waals surface area contributed by atoms with E-state index in [1.54, 1.807) is 38.1 Å². The first-order chi connectivity index (χ1) is 11.3. The summed E-state index contributed by atoms with van der Waals surface area (Å²) in [5, 5.41) is 15.1. The van der Waals surface area contributed by atoms with Crippen molar-refractivity contribution in [3.05, 3.63) is 45.8 Å². The fourth-order valence-corrected chi connectivity index (χ4v) is 2.46. The monoisotopic (exact) mass is 398 g/mol. The number of hydrogen-bond acceptors (Lipinski definition) is 6. The molecular formula is C16H19BrN2O5. The molecule has 0 bridgehead atoms. The summed E-state index contributed by atoms with van der Waals surface area (Å²) in [4.78, 5) is 16.4. The van der Waals surface area contributed by atoms with Gasteiger partial charge in [-0.25, -0.2) is 4.89 Å². The summed E-state index contributed by atoms with van der Waals surface area (Å²) in [5.74, 6) is 0.917. The highest BCUT2D eigenvalue weighted by molar-refractivity contribution is 9.10. The van der Waals surface area contributed by atoms with E-state index in [4.69, 9.17) is 14.5 Å². The van der Waals surface area contributed by atoms with Gasteiger partial charge >= 0.3 is 0 Å². The number of nitrogens with zero attached hydrogens (tertiary/aromatic N) is 1. The minimum absolute atomic E-state index is 0.0162. The fraction of sp³-hybridized carbons (Fsp3) is 0.375. The van der Waals surface area contributed by atoms with Crippen molar-refractivity contribution in [3.8, 4) is 5.75 Å². The van der Waals surface area contributed by atoms with Crippen LogP contribution in [0.4, 0.5) is 0 Å². The van der Waals surface area contributed by atoms with Gasteiger partial charge in [0.25, 0.3) is 5.91 Å². The van der Waals surface area contributed by atoms with Crippen LogP contribution in [0.5, 0.6) is 5.75 Å². The molecule has 0 atom stereocenters. The van der Waals surface area contributed by atoms with Gasteiger partial charge in [0, 0.05) is 11.6 Å². The fourth-order valence-electron chi connectivity index (χ4n) is 1.97. The first kappa shape index (κ1) is 18.4. The molecule has 7 nitrogen and oxygen atoms in total. The summed E-state index contributed by atoms with van der Waals surface area (Å²) in [6, 6.07) is 6.79. The number of benzene rings is 1. The van der Waals surface area contributed by atoms with Gasteiger partial charge in [0.1, 0.15) is 19.0 Å². The molecule has 2 aromatic rings. The minimum atomic E-state index is -0.697. The van der Waals surface area contributed by atoms with E-state index in [9.17, 15) is 4.79 Å². The Morgan fingerprint density at radius 1 is 1.42 bits per heavy atom. The van der Waals surface area contributed by atoms with Gasteiger partial charge in [-0.15, -0.1) is 0 Å². The maximum Gasteiger partial charge on any atom is 0.251 e. The second-order valence-electron chi connectivity index (χ2n) is 5.98. The summed E-state index contributed by atoms with van der Waals surface area (Å²) in [6.45, 7) is 5.54. The maximum absolute atomic E-state index is 12.2. The molecule has 0 aliphatic rings. The van der Waals surface area contributed by atoms with Crippen LogP contribution < -0.4 is 10.1 Å². The number of nitrogens with one attached hydrogen (secondary N) is 1. The SMILES string of the molecule is Cc1cc(COc2ccc(C(=O)NC(C)(C)COO)cc2Br)on1. The van der Waals surface area contributed by atoms with Crippen LogP contribution in [0.15, 0.2) is 33.3 Å². The van der Waals surface area contributed by atoms with Gasteiger partial charge in [-0.1, -0.05) is 5.16 Å². The van der Waals surface area contributed by atoms with Crippen LogP contribution in [0.1, 0.15) is 35.7 Å². The number of halogens is 1. The van der Waals surface area contributed by atoms with Gasteiger partial charge < -0.3 is 14.6 Å². The van der Waals surface area contributed by atoms with Crippen LogP contribution in [0.3, 0.4) is 0 Å². The van der Waals surface area contributed by atoms with Crippen molar-refractivity contribution in [1.29, 1.82) is 0 Å². The Morgan fingerprint density at radius 3 is 2.75 bits per heavy atom. The third-order valence-electron chi connectivity index (χ3n) is 3.12. The zero-order chi connectivity index (χ0) is 17.7. The first-order valence-electron chi connectivity index (χ1n) is 7.24. The molecule has 0 aliphatic heterocycles. The zero-order valence-corrected chi connectivity index (χ0v) is 15.2. The van der Waals surface area contributed by atoms with Gasteiger partial charge in [0.15, 0.2) is 5.76 Å². The Hall–Kier alpha value is -1.90. The van der Waals surface area contributed by atoms with E-state index in [1.807, 2.05) is 6.92 Å². The molecule has 2 rings (SSSR count). The van der Waals surface area contributed by atoms with Crippen molar-refractivity contribution in [2.24, 2.45) is 0 Å². The highest BCUT2D eigenvalue weighted by Gasteiger charge is 2.22. The number of hydrogen-bond donors (Lipinski definition) is 2. The van der Waals surface area contributed by atoms with Crippen molar-refractivity contribution in [3.63, 3.8) is 0 Å². The van der Waals surface area contributed by atoms with Crippen LogP contribution in [0, 0.1) is 6.92 Å². The molecule has 130 valence electrons. The van der Waals surface area contributed by atoms with E-state index in [2.05, 4.69) is 31.3 Å². The highest BCUT2D eigenvalue weighted by atomic mass is 79.9. The van der Waals surface area contributed by atoms with Crippen LogP contribution in [0.25, 0.3) is 0 Å². The molecule has 24 heavy (non-hydrogen) atoms. The Morgan fingerprint density at radius 2 is 2.17 bits per heavy atom. The number of amides is 1. The van der Waals surface area contributed by atoms with E-state index in [-0.39, 0.29) is 19.1 Å². The second kappa shape index (κ2) is 7.78. The number of carbonyl (C=O) groups is 1. The van der Waals surface area contributed by atoms with E-state index in [0.29, 0.717) is 21.5 Å². The summed E-state index contributed by atoms with van der Waals surface area (Å²) in [5.41, 5.74) is 0.544. The number of rotatable bonds is 7. The van der Waals surface area contributed by atoms with Crippen LogP contribution >= 0.6 is 15.9 Å². The van der Waals surface area contributed by atoms with Crippen molar-refractivity contribution in [1.82, 2.24) is 10.5 Å². The minimum Gasteiger partial charge on any atom is -0.484 e. The normalized spacial score (nSPS) is 11.4. The van der Waals surface area contributed by atoms with Crippen molar-refractivity contribution >= 4 is 21.8 Å². The van der Waals surface area contributed by atoms with Gasteiger partial charge in [0.2, 0.25) is 0 Å². The molecule has 1 aromatic carbocycles. The lowest BCUT2D eigenvalue weighted by molar-refractivity contribution is -0.252. The molecule has 8 heteroatoms. The standard InChI is InChI=1S/C16H19BrN2O5/c1-10-6-12(24-19-10)8-22-14-5-4-11(7-13(14)17)15(20)18-16(2,3)9-23-21/h4-7,21H,8-9H2,1-3H3,(H,18,20). The lowest BCUT2D eigenvalue weighted by Crippen LogP contribution is -2.46. The van der Waals surface area contributed by atoms with Crippen molar-refractivity contribution in [2.45, 2.75) is 32.9 Å². The largest absolute Gasteiger partial charge is 0.484 e. The van der Waals surface area contributed by atoms with Crippen molar-refractivity contribution < 1.29 is 24.2 Å². The molecule has 0 saturated heterocycles. The van der Waals surface area contributed by atoms with E-state index < -0.39 is 5.54 Å². The van der Waals surface area contributed by atoms with Gasteiger partial charge in [-0.3, -0.25) is 10.1 Å². The molecule has 1 amide bonds. The molecule has 0 saturated carbocycles. The molecular weight excluding hydrogens is 380 g/mol. The van der Waals surface area contributed by atoms with Gasteiger partial charge in [-0.05, 0) is 54.9 Å². The quantitative estimate of drug-likeness (QED) is 0.548. The predicted octanol–water partition coefficient (Wildman–Crippen LogP) is 3.32. The Balaban J connectivity index is 2.02. The summed E-state index contributed by atoms with van der Waals surface area (Å²) in [6.07, 6.45) is 0. The maximum atomic E-state index is 12.2. The number of aryl methyl sites for hydroxylation is 1. The molecule has 0 spiro atoms. The molecule has 0 fully saturated rings. The molecule has 1 heterocycles. The highest BCUT2D eigenvalue weighted by Crippen LogP contribution is 2.27. The third-order valence-corrected chi connectivity index (χ3v) is 3.74. The van der Waals surface area contributed by atoms with Gasteiger partial charge in [-0.2, -0.15) is 0 Å². The summed E-state index contributed by atoms with van der Waals surface area (Å²) in [7, 11) is 0. The van der Waals surface area contributed by atoms with Gasteiger partial charge in [0.05, 0.1) is 15.7 Å². The molecule has 0 unspecified atom stereocenters. The smallest absolute Gasteiger partial charge is 0.251 e. The van der Waals surface area contributed by atoms with Crippen LogP contribution in [0.2, 0.25) is 0 Å². The number of carbonyl (C=O) groups excluding carboxylic acids is 1. The molecule has 2 N–H and O–H groups in total.